The van der Waals surface area contributed by atoms with E-state index in [9.17, 15) is 9.59 Å². The van der Waals surface area contributed by atoms with Crippen LogP contribution in [0.3, 0.4) is 0 Å². The quantitative estimate of drug-likeness (QED) is 0.800. The second-order valence-electron chi connectivity index (χ2n) is 4.94. The van der Waals surface area contributed by atoms with Crippen molar-refractivity contribution in [3.05, 3.63) is 65.2 Å². The highest BCUT2D eigenvalue weighted by molar-refractivity contribution is 5.92. The predicted octanol–water partition coefficient (Wildman–Crippen LogP) is 2.04. The topological polar surface area (TPSA) is 73.2 Å². The molecule has 3 rings (SSSR count). The number of para-hydroxylation sites is 3. The Morgan fingerprint density at radius 2 is 1.91 bits per heavy atom. The highest BCUT2D eigenvalue weighted by Crippen LogP contribution is 2.22. The molecule has 0 saturated heterocycles. The van der Waals surface area contributed by atoms with E-state index in [1.54, 1.807) is 36.4 Å². The third-order valence-electron chi connectivity index (χ3n) is 3.43. The number of aromatic nitrogens is 2. The van der Waals surface area contributed by atoms with Gasteiger partial charge in [-0.25, -0.2) is 4.98 Å². The maximum atomic E-state index is 12.4. The summed E-state index contributed by atoms with van der Waals surface area (Å²) in [4.78, 5) is 28.7. The van der Waals surface area contributed by atoms with Crippen LogP contribution in [0.25, 0.3) is 10.9 Å². The maximum Gasteiger partial charge on any atom is 0.261 e. The number of nitrogens with one attached hydrogen (secondary N) is 1. The third-order valence-corrected chi connectivity index (χ3v) is 3.43. The Labute approximate surface area is 132 Å². The fraction of sp³-hybridized carbons (Fsp3) is 0.118. The van der Waals surface area contributed by atoms with E-state index in [4.69, 9.17) is 4.74 Å². The van der Waals surface area contributed by atoms with Gasteiger partial charge in [0, 0.05) is 0 Å². The van der Waals surface area contributed by atoms with Crippen LogP contribution >= 0.6 is 0 Å². The summed E-state index contributed by atoms with van der Waals surface area (Å²) < 4.78 is 6.47. The molecular formula is C17H15N3O3. The smallest absolute Gasteiger partial charge is 0.261 e. The number of methoxy groups -OCH3 is 1. The Balaban J connectivity index is 1.83. The van der Waals surface area contributed by atoms with Crippen LogP contribution in [0.1, 0.15) is 0 Å². The van der Waals surface area contributed by atoms with Crippen molar-refractivity contribution in [3.8, 4) is 5.75 Å². The minimum Gasteiger partial charge on any atom is -0.495 e. The summed E-state index contributed by atoms with van der Waals surface area (Å²) in [5.74, 6) is 0.235. The van der Waals surface area contributed by atoms with Crippen LogP contribution in [0.5, 0.6) is 5.75 Å². The monoisotopic (exact) mass is 309 g/mol. The van der Waals surface area contributed by atoms with Gasteiger partial charge >= 0.3 is 0 Å². The van der Waals surface area contributed by atoms with Gasteiger partial charge in [-0.3, -0.25) is 14.2 Å². The van der Waals surface area contributed by atoms with E-state index in [-0.39, 0.29) is 18.0 Å². The number of benzene rings is 2. The summed E-state index contributed by atoms with van der Waals surface area (Å²) in [7, 11) is 1.53. The first-order valence-corrected chi connectivity index (χ1v) is 7.06. The molecule has 0 aliphatic carbocycles. The van der Waals surface area contributed by atoms with Crippen LogP contribution < -0.4 is 15.6 Å². The highest BCUT2D eigenvalue weighted by Gasteiger charge is 2.10. The number of amides is 1. The number of carbonyl (C=O) groups is 1. The van der Waals surface area contributed by atoms with E-state index in [2.05, 4.69) is 10.3 Å². The molecule has 6 heteroatoms. The van der Waals surface area contributed by atoms with Crippen LogP contribution in [0.2, 0.25) is 0 Å². The average Bonchev–Trinajstić information content (AvgIpc) is 2.58. The molecule has 3 aromatic rings. The molecule has 1 aromatic heterocycles. The molecule has 0 spiro atoms. The van der Waals surface area contributed by atoms with Gasteiger partial charge in [0.15, 0.2) is 0 Å². The summed E-state index contributed by atoms with van der Waals surface area (Å²) in [6, 6.07) is 14.1. The lowest BCUT2D eigenvalue weighted by Gasteiger charge is -2.10. The molecule has 1 amide bonds. The Morgan fingerprint density at radius 1 is 1.17 bits per heavy atom. The van der Waals surface area contributed by atoms with E-state index in [0.29, 0.717) is 22.3 Å². The van der Waals surface area contributed by atoms with Crippen molar-refractivity contribution in [2.45, 2.75) is 6.54 Å². The summed E-state index contributed by atoms with van der Waals surface area (Å²) >= 11 is 0. The molecule has 1 heterocycles. The zero-order valence-electron chi connectivity index (χ0n) is 12.5. The Bertz CT molecular complexity index is 918. The van der Waals surface area contributed by atoms with Crippen molar-refractivity contribution >= 4 is 22.5 Å². The van der Waals surface area contributed by atoms with Crippen LogP contribution in [0.4, 0.5) is 5.69 Å². The highest BCUT2D eigenvalue weighted by atomic mass is 16.5. The molecule has 1 N–H and O–H groups in total. The van der Waals surface area contributed by atoms with Crippen LogP contribution in [0, 0.1) is 0 Å². The largest absolute Gasteiger partial charge is 0.495 e. The minimum atomic E-state index is -0.325. The van der Waals surface area contributed by atoms with Crippen molar-refractivity contribution in [2.24, 2.45) is 0 Å². The van der Waals surface area contributed by atoms with Crippen molar-refractivity contribution in [1.29, 1.82) is 0 Å². The summed E-state index contributed by atoms with van der Waals surface area (Å²) in [5, 5.41) is 3.22. The van der Waals surface area contributed by atoms with Crippen LogP contribution in [-0.4, -0.2) is 22.6 Å². The maximum absolute atomic E-state index is 12.4. The molecule has 0 fully saturated rings. The van der Waals surface area contributed by atoms with E-state index < -0.39 is 0 Å². The first-order chi connectivity index (χ1) is 11.2. The van der Waals surface area contributed by atoms with E-state index in [1.165, 1.54) is 18.0 Å². The van der Waals surface area contributed by atoms with Crippen molar-refractivity contribution in [1.82, 2.24) is 9.55 Å². The summed E-state index contributed by atoms with van der Waals surface area (Å²) in [6.07, 6.45) is 1.38. The van der Waals surface area contributed by atoms with E-state index in [1.807, 2.05) is 12.1 Å². The average molecular weight is 309 g/mol. The summed E-state index contributed by atoms with van der Waals surface area (Å²) in [5.41, 5.74) is 0.923. The van der Waals surface area contributed by atoms with Crippen molar-refractivity contribution in [2.75, 3.05) is 12.4 Å². The molecule has 0 saturated carbocycles. The number of carbonyl (C=O) groups excluding carboxylic acids is 1. The Morgan fingerprint density at radius 3 is 2.74 bits per heavy atom. The molecule has 0 radical (unpaired) electrons. The lowest BCUT2D eigenvalue weighted by molar-refractivity contribution is -0.116. The van der Waals surface area contributed by atoms with Crippen molar-refractivity contribution in [3.63, 3.8) is 0 Å². The number of hydrogen-bond acceptors (Lipinski definition) is 4. The minimum absolute atomic E-state index is 0.116. The molecule has 0 aliphatic rings. The van der Waals surface area contributed by atoms with Gasteiger partial charge in [0.25, 0.3) is 5.56 Å². The molecule has 0 unspecified atom stereocenters. The van der Waals surface area contributed by atoms with Gasteiger partial charge in [0.2, 0.25) is 5.91 Å². The van der Waals surface area contributed by atoms with Gasteiger partial charge in [-0.05, 0) is 24.3 Å². The second kappa shape index (κ2) is 6.31. The molecule has 0 atom stereocenters. The third kappa shape index (κ3) is 3.06. The van der Waals surface area contributed by atoms with Crippen LogP contribution in [0.15, 0.2) is 59.7 Å². The molecule has 6 nitrogen and oxygen atoms in total. The zero-order valence-corrected chi connectivity index (χ0v) is 12.5. The Hall–Kier alpha value is -3.15. The van der Waals surface area contributed by atoms with Gasteiger partial charge in [0.1, 0.15) is 12.3 Å². The van der Waals surface area contributed by atoms with Crippen molar-refractivity contribution < 1.29 is 9.53 Å². The van der Waals surface area contributed by atoms with Gasteiger partial charge in [-0.1, -0.05) is 24.3 Å². The predicted molar refractivity (Wildman–Crippen MR) is 87.6 cm³/mol. The fourth-order valence-corrected chi connectivity index (χ4v) is 2.31. The number of anilines is 1. The molecular weight excluding hydrogens is 294 g/mol. The van der Waals surface area contributed by atoms with Gasteiger partial charge in [-0.15, -0.1) is 0 Å². The standard InChI is InChI=1S/C17H15N3O3/c1-23-15-9-5-4-8-14(15)19-16(21)10-20-11-18-13-7-3-2-6-12(13)17(20)22/h2-9,11H,10H2,1H3,(H,19,21). The molecule has 2 aromatic carbocycles. The van der Waals surface area contributed by atoms with E-state index >= 15 is 0 Å². The number of fused-ring (bicyclic) bond motifs is 1. The molecule has 116 valence electrons. The van der Waals surface area contributed by atoms with Gasteiger partial charge in [-0.2, -0.15) is 0 Å². The lowest BCUT2D eigenvalue weighted by Crippen LogP contribution is -2.28. The number of ether oxygens (including phenoxy) is 1. The molecule has 0 aliphatic heterocycles. The first kappa shape index (κ1) is 14.8. The first-order valence-electron chi connectivity index (χ1n) is 7.06. The number of nitrogens with zero attached hydrogens (tertiary/aromatic N) is 2. The zero-order chi connectivity index (χ0) is 16.2. The fourth-order valence-electron chi connectivity index (χ4n) is 2.31. The molecule has 23 heavy (non-hydrogen) atoms. The normalized spacial score (nSPS) is 10.5. The van der Waals surface area contributed by atoms with Gasteiger partial charge in [0.05, 0.1) is 30.0 Å². The van der Waals surface area contributed by atoms with Crippen LogP contribution in [-0.2, 0) is 11.3 Å². The van der Waals surface area contributed by atoms with Gasteiger partial charge < -0.3 is 10.1 Å². The molecule has 0 bridgehead atoms. The Kier molecular flexibility index (Phi) is 4.05. The SMILES string of the molecule is COc1ccccc1NC(=O)Cn1cnc2ccccc2c1=O. The number of hydrogen-bond donors (Lipinski definition) is 1. The lowest BCUT2D eigenvalue weighted by atomic mass is 10.2. The van der Waals surface area contributed by atoms with E-state index in [0.717, 1.165) is 0 Å². The number of rotatable bonds is 4. The summed E-state index contributed by atoms with van der Waals surface area (Å²) in [6.45, 7) is -0.116. The second-order valence-corrected chi connectivity index (χ2v) is 4.94.